The molecule has 0 saturated carbocycles. The van der Waals surface area contributed by atoms with Crippen LogP contribution >= 0.6 is 0 Å². The SMILES string of the molecule is CCC(C)CN(C)S(=O)(=O)c1c(CNC(C)C)n[nH]c1C. The molecule has 0 bridgehead atoms. The molecule has 0 spiro atoms. The first-order valence-corrected chi connectivity index (χ1v) is 8.87. The molecule has 7 heteroatoms. The quantitative estimate of drug-likeness (QED) is 0.767. The highest BCUT2D eigenvalue weighted by atomic mass is 32.2. The van der Waals surface area contributed by atoms with E-state index in [0.29, 0.717) is 35.3 Å². The van der Waals surface area contributed by atoms with Crippen LogP contribution in [0.5, 0.6) is 0 Å². The van der Waals surface area contributed by atoms with Crippen LogP contribution in [0.1, 0.15) is 45.5 Å². The van der Waals surface area contributed by atoms with Crippen molar-refractivity contribution in [2.24, 2.45) is 5.92 Å². The van der Waals surface area contributed by atoms with Crippen molar-refractivity contribution in [2.45, 2.75) is 58.5 Å². The van der Waals surface area contributed by atoms with Gasteiger partial charge in [-0.25, -0.2) is 12.7 Å². The Morgan fingerprint density at radius 2 is 1.95 bits per heavy atom. The van der Waals surface area contributed by atoms with Gasteiger partial charge in [0.05, 0.1) is 11.4 Å². The molecule has 0 amide bonds. The minimum absolute atomic E-state index is 0.274. The molecule has 0 radical (unpaired) electrons. The predicted octanol–water partition coefficient (Wildman–Crippen LogP) is 1.88. The minimum atomic E-state index is -3.51. The van der Waals surface area contributed by atoms with E-state index in [-0.39, 0.29) is 6.04 Å². The predicted molar refractivity (Wildman–Crippen MR) is 84.6 cm³/mol. The highest BCUT2D eigenvalue weighted by Gasteiger charge is 2.29. The van der Waals surface area contributed by atoms with E-state index in [0.717, 1.165) is 6.42 Å². The molecule has 1 aromatic heterocycles. The van der Waals surface area contributed by atoms with Crippen LogP contribution in [-0.4, -0.2) is 42.6 Å². The number of aromatic amines is 1. The van der Waals surface area contributed by atoms with Crippen LogP contribution in [0.25, 0.3) is 0 Å². The summed E-state index contributed by atoms with van der Waals surface area (Å²) in [5.41, 5.74) is 1.14. The Morgan fingerprint density at radius 3 is 2.48 bits per heavy atom. The van der Waals surface area contributed by atoms with E-state index in [1.54, 1.807) is 14.0 Å². The Labute approximate surface area is 128 Å². The number of aryl methyl sites for hydroxylation is 1. The lowest BCUT2D eigenvalue weighted by Gasteiger charge is -2.21. The smallest absolute Gasteiger partial charge is 0.246 e. The van der Waals surface area contributed by atoms with Gasteiger partial charge in [0.2, 0.25) is 10.0 Å². The van der Waals surface area contributed by atoms with Gasteiger partial charge in [-0.3, -0.25) is 5.10 Å². The third-order valence-electron chi connectivity index (χ3n) is 3.57. The van der Waals surface area contributed by atoms with Crippen molar-refractivity contribution in [2.75, 3.05) is 13.6 Å². The van der Waals surface area contributed by atoms with E-state index in [1.807, 2.05) is 13.8 Å². The number of H-pyrrole nitrogens is 1. The maximum absolute atomic E-state index is 12.8. The van der Waals surface area contributed by atoms with Gasteiger partial charge in [-0.2, -0.15) is 5.10 Å². The fourth-order valence-electron chi connectivity index (χ4n) is 2.05. The average molecular weight is 316 g/mol. The number of sulfonamides is 1. The van der Waals surface area contributed by atoms with E-state index >= 15 is 0 Å². The molecule has 0 aromatic carbocycles. The highest BCUT2D eigenvalue weighted by molar-refractivity contribution is 7.89. The molecular formula is C14H28N4O2S. The van der Waals surface area contributed by atoms with Gasteiger partial charge in [0, 0.05) is 26.2 Å². The Kier molecular flexibility index (Phi) is 6.37. The van der Waals surface area contributed by atoms with Crippen molar-refractivity contribution in [3.8, 4) is 0 Å². The van der Waals surface area contributed by atoms with Gasteiger partial charge < -0.3 is 5.32 Å². The van der Waals surface area contributed by atoms with Gasteiger partial charge in [-0.1, -0.05) is 34.1 Å². The van der Waals surface area contributed by atoms with E-state index in [2.05, 4.69) is 29.4 Å². The number of nitrogens with one attached hydrogen (secondary N) is 2. The van der Waals surface area contributed by atoms with Crippen LogP contribution in [0.2, 0.25) is 0 Å². The fraction of sp³-hybridized carbons (Fsp3) is 0.786. The fourth-order valence-corrected chi connectivity index (χ4v) is 3.66. The summed E-state index contributed by atoms with van der Waals surface area (Å²) in [6.07, 6.45) is 0.950. The maximum Gasteiger partial charge on any atom is 0.246 e. The Morgan fingerprint density at radius 1 is 1.33 bits per heavy atom. The summed E-state index contributed by atoms with van der Waals surface area (Å²) >= 11 is 0. The largest absolute Gasteiger partial charge is 0.309 e. The molecule has 0 aliphatic rings. The first kappa shape index (κ1) is 18.1. The molecule has 0 fully saturated rings. The van der Waals surface area contributed by atoms with Crippen molar-refractivity contribution >= 4 is 10.0 Å². The summed E-state index contributed by atoms with van der Waals surface area (Å²) in [6.45, 7) is 10.8. The lowest BCUT2D eigenvalue weighted by Crippen LogP contribution is -2.32. The van der Waals surface area contributed by atoms with E-state index in [1.165, 1.54) is 4.31 Å². The Balaban J connectivity index is 3.04. The van der Waals surface area contributed by atoms with Gasteiger partial charge in [-0.05, 0) is 12.8 Å². The molecule has 21 heavy (non-hydrogen) atoms. The van der Waals surface area contributed by atoms with Gasteiger partial charge in [0.25, 0.3) is 0 Å². The normalized spacial score (nSPS) is 14.1. The van der Waals surface area contributed by atoms with Gasteiger partial charge >= 0.3 is 0 Å². The molecule has 0 aliphatic carbocycles. The van der Waals surface area contributed by atoms with Crippen LogP contribution in [0.3, 0.4) is 0 Å². The standard InChI is InChI=1S/C14H28N4O2S/c1-7-11(4)9-18(6)21(19,20)14-12(5)16-17-13(14)8-15-10(2)3/h10-11,15H,7-9H2,1-6H3,(H,16,17). The second kappa shape index (κ2) is 7.38. The molecule has 2 N–H and O–H groups in total. The molecule has 122 valence electrons. The summed E-state index contributed by atoms with van der Waals surface area (Å²) in [5.74, 6) is 0.328. The van der Waals surface area contributed by atoms with Crippen molar-refractivity contribution < 1.29 is 8.42 Å². The van der Waals surface area contributed by atoms with E-state index in [4.69, 9.17) is 0 Å². The maximum atomic E-state index is 12.8. The van der Waals surface area contributed by atoms with Gasteiger partial charge in [-0.15, -0.1) is 0 Å². The zero-order chi connectivity index (χ0) is 16.2. The zero-order valence-corrected chi connectivity index (χ0v) is 14.7. The third kappa shape index (κ3) is 4.52. The van der Waals surface area contributed by atoms with Crippen LogP contribution in [0.4, 0.5) is 0 Å². The molecule has 1 aromatic rings. The topological polar surface area (TPSA) is 78.1 Å². The zero-order valence-electron chi connectivity index (χ0n) is 13.9. The number of hydrogen-bond acceptors (Lipinski definition) is 4. The first-order valence-electron chi connectivity index (χ1n) is 7.43. The molecular weight excluding hydrogens is 288 g/mol. The first-order chi connectivity index (χ1) is 9.70. The molecule has 1 atom stereocenters. The Bertz CT molecular complexity index is 551. The van der Waals surface area contributed by atoms with Crippen LogP contribution < -0.4 is 5.32 Å². The molecule has 0 saturated heterocycles. The van der Waals surface area contributed by atoms with E-state index in [9.17, 15) is 8.42 Å². The summed E-state index contributed by atoms with van der Waals surface area (Å²) in [5, 5.41) is 10.1. The highest BCUT2D eigenvalue weighted by Crippen LogP contribution is 2.22. The van der Waals surface area contributed by atoms with Crippen LogP contribution in [0, 0.1) is 12.8 Å². The summed E-state index contributed by atoms with van der Waals surface area (Å²) in [7, 11) is -1.88. The van der Waals surface area contributed by atoms with Gasteiger partial charge in [0.1, 0.15) is 4.90 Å². The van der Waals surface area contributed by atoms with E-state index < -0.39 is 10.0 Å². The summed E-state index contributed by atoms with van der Waals surface area (Å²) in [6, 6.07) is 0.274. The lowest BCUT2D eigenvalue weighted by molar-refractivity contribution is 0.393. The van der Waals surface area contributed by atoms with Crippen LogP contribution in [0.15, 0.2) is 4.90 Å². The van der Waals surface area contributed by atoms with Crippen molar-refractivity contribution in [3.63, 3.8) is 0 Å². The molecule has 0 aliphatic heterocycles. The van der Waals surface area contributed by atoms with Gasteiger partial charge in [0.15, 0.2) is 0 Å². The Hall–Kier alpha value is -0.920. The minimum Gasteiger partial charge on any atom is -0.309 e. The number of nitrogens with zero attached hydrogens (tertiary/aromatic N) is 2. The lowest BCUT2D eigenvalue weighted by atomic mass is 10.1. The average Bonchev–Trinajstić information content (AvgIpc) is 2.77. The van der Waals surface area contributed by atoms with Crippen LogP contribution in [-0.2, 0) is 16.6 Å². The number of rotatable bonds is 8. The number of aromatic nitrogens is 2. The summed E-state index contributed by atoms with van der Waals surface area (Å²) < 4.78 is 27.0. The van der Waals surface area contributed by atoms with Crippen molar-refractivity contribution in [1.82, 2.24) is 19.8 Å². The van der Waals surface area contributed by atoms with Crippen molar-refractivity contribution in [1.29, 1.82) is 0 Å². The third-order valence-corrected chi connectivity index (χ3v) is 5.60. The molecule has 1 rings (SSSR count). The molecule has 1 heterocycles. The number of hydrogen-bond donors (Lipinski definition) is 2. The monoisotopic (exact) mass is 316 g/mol. The molecule has 6 nitrogen and oxygen atoms in total. The second-order valence-corrected chi connectivity index (χ2v) is 7.94. The van der Waals surface area contributed by atoms with Crippen molar-refractivity contribution in [3.05, 3.63) is 11.4 Å². The summed E-state index contributed by atoms with van der Waals surface area (Å²) in [4.78, 5) is 0.307. The molecule has 1 unspecified atom stereocenters. The second-order valence-electron chi connectivity index (χ2n) is 5.96.